The second kappa shape index (κ2) is 8.89. The predicted molar refractivity (Wildman–Crippen MR) is 107 cm³/mol. The van der Waals surface area contributed by atoms with Crippen LogP contribution in [-0.2, 0) is 0 Å². The molecule has 0 aliphatic heterocycles. The average molecular weight is 386 g/mol. The molecule has 0 aliphatic rings. The number of hydrogen-bond acceptors (Lipinski definition) is 3. The molecule has 3 aromatic rings. The van der Waals surface area contributed by atoms with Gasteiger partial charge in [-0.15, -0.1) is 0 Å². The number of rotatable bonds is 7. The van der Waals surface area contributed by atoms with Crippen LogP contribution < -0.4 is 10.1 Å². The summed E-state index contributed by atoms with van der Waals surface area (Å²) in [6.07, 6.45) is -0.323. The van der Waals surface area contributed by atoms with Crippen molar-refractivity contribution in [1.29, 1.82) is 0 Å². The van der Waals surface area contributed by atoms with Gasteiger partial charge in [0.05, 0.1) is 19.3 Å². The first-order chi connectivity index (χ1) is 13.0. The van der Waals surface area contributed by atoms with Crippen LogP contribution in [0.2, 0.25) is 5.02 Å². The number of hydrogen-bond donors (Lipinski definition) is 2. The Balaban J connectivity index is 1.82. The van der Waals surface area contributed by atoms with Crippen molar-refractivity contribution < 1.29 is 14.2 Å². The summed E-state index contributed by atoms with van der Waals surface area (Å²) in [4.78, 5) is 0. The standard InChI is InChI=1S/C22H21ClFNO2/c1-27-20-12-10-19(11-13-20)25-21(15-2-6-17(23)7-3-15)14-22(26)16-4-8-18(24)9-5-16/h2-13,21-22,25-26H,14H2,1H3. The molecular formula is C22H21ClFNO2. The monoisotopic (exact) mass is 385 g/mol. The molecule has 0 heterocycles. The predicted octanol–water partition coefficient (Wildman–Crippen LogP) is 5.76. The molecule has 27 heavy (non-hydrogen) atoms. The van der Waals surface area contributed by atoms with Crippen LogP contribution in [0.5, 0.6) is 5.75 Å². The molecule has 2 unspecified atom stereocenters. The maximum Gasteiger partial charge on any atom is 0.123 e. The minimum atomic E-state index is -0.739. The second-order valence-electron chi connectivity index (χ2n) is 6.28. The average Bonchev–Trinajstić information content (AvgIpc) is 2.69. The van der Waals surface area contributed by atoms with E-state index >= 15 is 0 Å². The van der Waals surface area contributed by atoms with Crippen LogP contribution in [0.4, 0.5) is 10.1 Å². The fourth-order valence-corrected chi connectivity index (χ4v) is 3.03. The maximum atomic E-state index is 13.1. The van der Waals surface area contributed by atoms with Crippen LogP contribution in [-0.4, -0.2) is 12.2 Å². The van der Waals surface area contributed by atoms with Gasteiger partial charge in [0.25, 0.3) is 0 Å². The van der Waals surface area contributed by atoms with Crippen LogP contribution in [0.1, 0.15) is 29.7 Å². The Morgan fingerprint density at radius 1 is 0.926 bits per heavy atom. The lowest BCUT2D eigenvalue weighted by Gasteiger charge is -2.24. The summed E-state index contributed by atoms with van der Waals surface area (Å²) in [5.41, 5.74) is 2.57. The third-order valence-electron chi connectivity index (χ3n) is 4.42. The topological polar surface area (TPSA) is 41.5 Å². The van der Waals surface area contributed by atoms with Gasteiger partial charge in [-0.3, -0.25) is 0 Å². The number of aliphatic hydroxyl groups is 1. The smallest absolute Gasteiger partial charge is 0.123 e. The zero-order valence-electron chi connectivity index (χ0n) is 14.9. The van der Waals surface area contributed by atoms with Crippen LogP contribution in [0, 0.1) is 5.82 Å². The van der Waals surface area contributed by atoms with Gasteiger partial charge in [0, 0.05) is 17.1 Å². The van der Waals surface area contributed by atoms with Gasteiger partial charge in [-0.05, 0) is 59.7 Å². The fourth-order valence-electron chi connectivity index (χ4n) is 2.91. The van der Waals surface area contributed by atoms with Crippen LogP contribution in [0.15, 0.2) is 72.8 Å². The van der Waals surface area contributed by atoms with Crippen molar-refractivity contribution in [3.8, 4) is 5.75 Å². The van der Waals surface area contributed by atoms with Crippen molar-refractivity contribution in [3.05, 3.63) is 94.8 Å². The minimum absolute atomic E-state index is 0.157. The Kier molecular flexibility index (Phi) is 6.32. The molecular weight excluding hydrogens is 365 g/mol. The van der Waals surface area contributed by atoms with E-state index in [9.17, 15) is 9.50 Å². The first-order valence-corrected chi connectivity index (χ1v) is 9.02. The summed E-state index contributed by atoms with van der Waals surface area (Å²) >= 11 is 6.01. The van der Waals surface area contributed by atoms with E-state index in [1.807, 2.05) is 48.5 Å². The van der Waals surface area contributed by atoms with Crippen LogP contribution in [0.3, 0.4) is 0 Å². The van der Waals surface area contributed by atoms with Crippen molar-refractivity contribution in [2.75, 3.05) is 12.4 Å². The molecule has 3 rings (SSSR count). The lowest BCUT2D eigenvalue weighted by Crippen LogP contribution is -2.15. The van der Waals surface area contributed by atoms with Gasteiger partial charge < -0.3 is 15.2 Å². The third kappa shape index (κ3) is 5.22. The number of benzene rings is 3. The highest BCUT2D eigenvalue weighted by Crippen LogP contribution is 2.31. The summed E-state index contributed by atoms with van der Waals surface area (Å²) in [5, 5.41) is 14.7. The van der Waals surface area contributed by atoms with E-state index < -0.39 is 6.10 Å². The normalized spacial score (nSPS) is 13.0. The van der Waals surface area contributed by atoms with Crippen LogP contribution >= 0.6 is 11.6 Å². The molecule has 2 atom stereocenters. The summed E-state index contributed by atoms with van der Waals surface area (Å²) in [7, 11) is 1.62. The molecule has 140 valence electrons. The van der Waals surface area contributed by atoms with Gasteiger partial charge in [-0.1, -0.05) is 35.9 Å². The molecule has 0 aromatic heterocycles. The third-order valence-corrected chi connectivity index (χ3v) is 4.67. The molecule has 0 bridgehead atoms. The van der Waals surface area contributed by atoms with E-state index in [0.29, 0.717) is 17.0 Å². The van der Waals surface area contributed by atoms with Crippen molar-refractivity contribution >= 4 is 17.3 Å². The van der Waals surface area contributed by atoms with Crippen molar-refractivity contribution in [3.63, 3.8) is 0 Å². The Labute approximate surface area is 163 Å². The summed E-state index contributed by atoms with van der Waals surface area (Å²) in [6, 6.07) is 20.9. The summed E-state index contributed by atoms with van der Waals surface area (Å²) in [6.45, 7) is 0. The number of anilines is 1. The molecule has 3 aromatic carbocycles. The first-order valence-electron chi connectivity index (χ1n) is 8.65. The van der Waals surface area contributed by atoms with Gasteiger partial charge in [-0.25, -0.2) is 4.39 Å². The summed E-state index contributed by atoms with van der Waals surface area (Å²) in [5.74, 6) is 0.450. The Morgan fingerprint density at radius 2 is 1.52 bits per heavy atom. The lowest BCUT2D eigenvalue weighted by molar-refractivity contribution is 0.160. The molecule has 3 nitrogen and oxygen atoms in total. The molecule has 0 amide bonds. The maximum absolute atomic E-state index is 13.1. The molecule has 0 radical (unpaired) electrons. The highest BCUT2D eigenvalue weighted by molar-refractivity contribution is 6.30. The Morgan fingerprint density at radius 3 is 2.11 bits per heavy atom. The van der Waals surface area contributed by atoms with E-state index in [0.717, 1.165) is 17.0 Å². The molecule has 0 spiro atoms. The Bertz CT molecular complexity index is 851. The number of nitrogens with one attached hydrogen (secondary N) is 1. The van der Waals surface area contributed by atoms with Gasteiger partial charge in [0.1, 0.15) is 11.6 Å². The SMILES string of the molecule is COc1ccc(NC(CC(O)c2ccc(F)cc2)c2ccc(Cl)cc2)cc1. The van der Waals surface area contributed by atoms with Crippen molar-refractivity contribution in [2.24, 2.45) is 0 Å². The van der Waals surface area contributed by atoms with E-state index in [2.05, 4.69) is 5.32 Å². The van der Waals surface area contributed by atoms with Gasteiger partial charge in [0.2, 0.25) is 0 Å². The zero-order chi connectivity index (χ0) is 19.2. The van der Waals surface area contributed by atoms with Gasteiger partial charge >= 0.3 is 0 Å². The van der Waals surface area contributed by atoms with Crippen LogP contribution in [0.25, 0.3) is 0 Å². The molecule has 0 fully saturated rings. The lowest BCUT2D eigenvalue weighted by atomic mass is 9.96. The second-order valence-corrected chi connectivity index (χ2v) is 6.72. The van der Waals surface area contributed by atoms with Crippen molar-refractivity contribution in [2.45, 2.75) is 18.6 Å². The van der Waals surface area contributed by atoms with E-state index in [1.54, 1.807) is 19.2 Å². The first kappa shape index (κ1) is 19.2. The molecule has 0 saturated carbocycles. The molecule has 2 N–H and O–H groups in total. The number of halogens is 2. The minimum Gasteiger partial charge on any atom is -0.497 e. The van der Waals surface area contributed by atoms with E-state index in [1.165, 1.54) is 12.1 Å². The number of ether oxygens (including phenoxy) is 1. The van der Waals surface area contributed by atoms with E-state index in [-0.39, 0.29) is 11.9 Å². The molecule has 0 aliphatic carbocycles. The largest absolute Gasteiger partial charge is 0.497 e. The van der Waals surface area contributed by atoms with Crippen molar-refractivity contribution in [1.82, 2.24) is 0 Å². The summed E-state index contributed by atoms with van der Waals surface area (Å²) < 4.78 is 18.3. The Hall–Kier alpha value is -2.56. The quantitative estimate of drug-likeness (QED) is 0.543. The van der Waals surface area contributed by atoms with Gasteiger partial charge in [0.15, 0.2) is 0 Å². The molecule has 5 heteroatoms. The fraction of sp³-hybridized carbons (Fsp3) is 0.182. The van der Waals surface area contributed by atoms with E-state index in [4.69, 9.17) is 16.3 Å². The highest BCUT2D eigenvalue weighted by Gasteiger charge is 2.18. The molecule has 0 saturated heterocycles. The number of methoxy groups -OCH3 is 1. The number of aliphatic hydroxyl groups excluding tert-OH is 1. The highest BCUT2D eigenvalue weighted by atomic mass is 35.5. The zero-order valence-corrected chi connectivity index (χ0v) is 15.7. The van der Waals surface area contributed by atoms with Gasteiger partial charge in [-0.2, -0.15) is 0 Å².